The summed E-state index contributed by atoms with van der Waals surface area (Å²) in [7, 11) is 1.59. The largest absolute Gasteiger partial charge is 0.493 e. The van der Waals surface area contributed by atoms with Gasteiger partial charge in [-0.2, -0.15) is 0 Å². The minimum atomic E-state index is 0.329. The van der Waals surface area contributed by atoms with Gasteiger partial charge in [0.2, 0.25) is 5.88 Å². The zero-order chi connectivity index (χ0) is 12.1. The van der Waals surface area contributed by atoms with Gasteiger partial charge in [-0.1, -0.05) is 12.1 Å². The lowest BCUT2D eigenvalue weighted by Crippen LogP contribution is -2.01. The number of hydrogen-bond acceptors (Lipinski definition) is 5. The lowest BCUT2D eigenvalue weighted by Gasteiger charge is -2.09. The fraction of sp³-hybridized carbons (Fsp3) is 0.167. The third kappa shape index (κ3) is 2.70. The Morgan fingerprint density at radius 2 is 1.94 bits per heavy atom. The molecular weight excluding hydrogens is 218 g/mol. The van der Waals surface area contributed by atoms with Crippen molar-refractivity contribution in [3.05, 3.63) is 42.4 Å². The number of hydrogen-bond donors (Lipinski definition) is 1. The van der Waals surface area contributed by atoms with Crippen LogP contribution in [0.3, 0.4) is 0 Å². The summed E-state index contributed by atoms with van der Waals surface area (Å²) < 4.78 is 10.8. The number of ether oxygens (including phenoxy) is 2. The first-order valence-electron chi connectivity index (χ1n) is 5.15. The van der Waals surface area contributed by atoms with Crippen LogP contribution < -0.4 is 15.2 Å². The van der Waals surface area contributed by atoms with E-state index in [1.54, 1.807) is 19.4 Å². The molecule has 0 spiro atoms. The highest BCUT2D eigenvalue weighted by Crippen LogP contribution is 2.29. The molecule has 0 bridgehead atoms. The molecule has 1 aromatic carbocycles. The van der Waals surface area contributed by atoms with Crippen molar-refractivity contribution in [2.45, 2.75) is 6.54 Å². The third-order valence-electron chi connectivity index (χ3n) is 2.16. The van der Waals surface area contributed by atoms with E-state index in [1.807, 2.05) is 18.2 Å². The number of aromatic nitrogens is 2. The van der Waals surface area contributed by atoms with Crippen molar-refractivity contribution in [2.75, 3.05) is 7.11 Å². The molecule has 0 saturated heterocycles. The summed E-state index contributed by atoms with van der Waals surface area (Å²) in [6.45, 7) is 0.329. The highest BCUT2D eigenvalue weighted by Gasteiger charge is 2.05. The second-order valence-corrected chi connectivity index (χ2v) is 3.31. The molecule has 0 amide bonds. The molecule has 0 aliphatic rings. The minimum Gasteiger partial charge on any atom is -0.493 e. The molecular formula is C12H13N3O2. The van der Waals surface area contributed by atoms with Gasteiger partial charge >= 0.3 is 0 Å². The van der Waals surface area contributed by atoms with Gasteiger partial charge in [0.1, 0.15) is 0 Å². The van der Waals surface area contributed by atoms with Crippen LogP contribution in [0, 0.1) is 0 Å². The van der Waals surface area contributed by atoms with Crippen LogP contribution in [0.5, 0.6) is 17.4 Å². The minimum absolute atomic E-state index is 0.329. The van der Waals surface area contributed by atoms with Crippen LogP contribution in [0.1, 0.15) is 5.69 Å². The Bertz CT molecular complexity index is 503. The van der Waals surface area contributed by atoms with Gasteiger partial charge < -0.3 is 15.2 Å². The maximum Gasteiger partial charge on any atom is 0.238 e. The van der Waals surface area contributed by atoms with E-state index in [2.05, 4.69) is 9.97 Å². The van der Waals surface area contributed by atoms with Gasteiger partial charge in [0.25, 0.3) is 0 Å². The SMILES string of the molecule is COc1ccccc1Oc1cncc(CN)n1. The summed E-state index contributed by atoms with van der Waals surface area (Å²) in [4.78, 5) is 8.20. The van der Waals surface area contributed by atoms with Crippen LogP contribution in [0.4, 0.5) is 0 Å². The van der Waals surface area contributed by atoms with E-state index in [9.17, 15) is 0 Å². The van der Waals surface area contributed by atoms with E-state index in [0.717, 1.165) is 0 Å². The standard InChI is InChI=1S/C12H13N3O2/c1-16-10-4-2-3-5-11(10)17-12-8-14-7-9(6-13)15-12/h2-5,7-8H,6,13H2,1H3. The van der Waals surface area contributed by atoms with Crippen molar-refractivity contribution in [3.63, 3.8) is 0 Å². The second kappa shape index (κ2) is 5.27. The summed E-state index contributed by atoms with van der Waals surface area (Å²) in [6, 6.07) is 7.34. The molecule has 0 saturated carbocycles. The maximum atomic E-state index is 5.59. The first-order chi connectivity index (χ1) is 8.33. The van der Waals surface area contributed by atoms with Gasteiger partial charge in [-0.05, 0) is 12.1 Å². The molecule has 2 N–H and O–H groups in total. The van der Waals surface area contributed by atoms with Gasteiger partial charge in [0, 0.05) is 12.7 Å². The van der Waals surface area contributed by atoms with Crippen LogP contribution in [0.2, 0.25) is 0 Å². The molecule has 0 radical (unpaired) electrons. The Labute approximate surface area is 99.2 Å². The molecule has 17 heavy (non-hydrogen) atoms. The Kier molecular flexibility index (Phi) is 3.52. The molecule has 5 heteroatoms. The van der Waals surface area contributed by atoms with E-state index >= 15 is 0 Å². The predicted octanol–water partition coefficient (Wildman–Crippen LogP) is 1.74. The number of nitrogens with zero attached hydrogens (tertiary/aromatic N) is 2. The van der Waals surface area contributed by atoms with Crippen LogP contribution >= 0.6 is 0 Å². The van der Waals surface area contributed by atoms with Crippen molar-refractivity contribution in [1.29, 1.82) is 0 Å². The summed E-state index contributed by atoms with van der Waals surface area (Å²) in [5.41, 5.74) is 6.16. The molecule has 2 rings (SSSR count). The number of rotatable bonds is 4. The Hall–Kier alpha value is -2.14. The Morgan fingerprint density at radius 3 is 2.65 bits per heavy atom. The number of para-hydroxylation sites is 2. The van der Waals surface area contributed by atoms with E-state index in [-0.39, 0.29) is 0 Å². The Morgan fingerprint density at radius 1 is 1.18 bits per heavy atom. The second-order valence-electron chi connectivity index (χ2n) is 3.31. The molecule has 1 heterocycles. The number of benzene rings is 1. The van der Waals surface area contributed by atoms with Crippen LogP contribution in [0.25, 0.3) is 0 Å². The quantitative estimate of drug-likeness (QED) is 0.867. The fourth-order valence-electron chi connectivity index (χ4n) is 1.35. The molecule has 5 nitrogen and oxygen atoms in total. The van der Waals surface area contributed by atoms with Crippen molar-refractivity contribution in [1.82, 2.24) is 9.97 Å². The van der Waals surface area contributed by atoms with E-state index in [1.165, 1.54) is 6.20 Å². The summed E-state index contributed by atoms with van der Waals surface area (Å²) in [6.07, 6.45) is 3.14. The third-order valence-corrected chi connectivity index (χ3v) is 2.16. The van der Waals surface area contributed by atoms with E-state index in [0.29, 0.717) is 29.6 Å². The normalized spacial score (nSPS) is 10.0. The van der Waals surface area contributed by atoms with Crippen molar-refractivity contribution in [3.8, 4) is 17.4 Å². The summed E-state index contributed by atoms with van der Waals surface area (Å²) in [5, 5.41) is 0. The zero-order valence-electron chi connectivity index (χ0n) is 9.46. The van der Waals surface area contributed by atoms with E-state index < -0.39 is 0 Å². The van der Waals surface area contributed by atoms with Crippen LogP contribution in [0.15, 0.2) is 36.7 Å². The first kappa shape index (κ1) is 11.3. The molecule has 88 valence electrons. The molecule has 2 aromatic rings. The highest BCUT2D eigenvalue weighted by molar-refractivity contribution is 5.41. The average Bonchev–Trinajstić information content (AvgIpc) is 2.39. The van der Waals surface area contributed by atoms with Crippen molar-refractivity contribution in [2.24, 2.45) is 5.73 Å². The van der Waals surface area contributed by atoms with Crippen molar-refractivity contribution < 1.29 is 9.47 Å². The molecule has 0 unspecified atom stereocenters. The van der Waals surface area contributed by atoms with Gasteiger partial charge in [0.15, 0.2) is 11.5 Å². The van der Waals surface area contributed by atoms with Gasteiger partial charge in [-0.15, -0.1) is 0 Å². The van der Waals surface area contributed by atoms with Crippen LogP contribution in [-0.4, -0.2) is 17.1 Å². The molecule has 0 fully saturated rings. The molecule has 0 aliphatic carbocycles. The van der Waals surface area contributed by atoms with Crippen molar-refractivity contribution >= 4 is 0 Å². The maximum absolute atomic E-state index is 5.59. The molecule has 0 aliphatic heterocycles. The molecule has 0 atom stereocenters. The average molecular weight is 231 g/mol. The highest BCUT2D eigenvalue weighted by atomic mass is 16.5. The van der Waals surface area contributed by atoms with Crippen LogP contribution in [-0.2, 0) is 6.54 Å². The summed E-state index contributed by atoms with van der Waals surface area (Å²) in [5.74, 6) is 1.64. The fourth-order valence-corrected chi connectivity index (χ4v) is 1.35. The monoisotopic (exact) mass is 231 g/mol. The molecule has 1 aromatic heterocycles. The lowest BCUT2D eigenvalue weighted by molar-refractivity contribution is 0.373. The number of methoxy groups -OCH3 is 1. The summed E-state index contributed by atoms with van der Waals surface area (Å²) >= 11 is 0. The number of nitrogens with two attached hydrogens (primary N) is 1. The first-order valence-corrected chi connectivity index (χ1v) is 5.15. The van der Waals surface area contributed by atoms with Gasteiger partial charge in [-0.25, -0.2) is 4.98 Å². The lowest BCUT2D eigenvalue weighted by atomic mass is 10.3. The Balaban J connectivity index is 2.24. The smallest absolute Gasteiger partial charge is 0.238 e. The predicted molar refractivity (Wildman–Crippen MR) is 63.0 cm³/mol. The zero-order valence-corrected chi connectivity index (χ0v) is 9.46. The van der Waals surface area contributed by atoms with Gasteiger partial charge in [-0.3, -0.25) is 4.98 Å². The topological polar surface area (TPSA) is 70.3 Å². The van der Waals surface area contributed by atoms with Gasteiger partial charge in [0.05, 0.1) is 19.0 Å². The van der Waals surface area contributed by atoms with E-state index in [4.69, 9.17) is 15.2 Å².